The van der Waals surface area contributed by atoms with Crippen molar-refractivity contribution in [3.63, 3.8) is 0 Å². The van der Waals surface area contributed by atoms with Gasteiger partial charge in [0.15, 0.2) is 5.11 Å². The molecule has 2 heterocycles. The van der Waals surface area contributed by atoms with E-state index in [-0.39, 0.29) is 11.7 Å². The Kier molecular flexibility index (Phi) is 7.64. The van der Waals surface area contributed by atoms with E-state index in [1.54, 1.807) is 0 Å². The summed E-state index contributed by atoms with van der Waals surface area (Å²) in [6.07, 6.45) is 3.29. The van der Waals surface area contributed by atoms with Gasteiger partial charge in [0.2, 0.25) is 0 Å². The fraction of sp³-hybridized carbons (Fsp3) is 0.545. The van der Waals surface area contributed by atoms with Gasteiger partial charge in [-0.25, -0.2) is 0 Å². The molecule has 2 N–H and O–H groups in total. The van der Waals surface area contributed by atoms with Crippen LogP contribution in [0.5, 0.6) is 0 Å². The fourth-order valence-corrected chi connectivity index (χ4v) is 3.88. The number of aromatic amines is 1. The van der Waals surface area contributed by atoms with Crippen LogP contribution < -0.4 is 10.9 Å². The van der Waals surface area contributed by atoms with Gasteiger partial charge in [-0.15, -0.1) is 0 Å². The van der Waals surface area contributed by atoms with Crippen LogP contribution in [0.15, 0.2) is 29.1 Å². The minimum absolute atomic E-state index is 0.0594. The molecule has 0 spiro atoms. The second-order valence-electron chi connectivity index (χ2n) is 8.12. The van der Waals surface area contributed by atoms with E-state index in [4.69, 9.17) is 17.0 Å². The zero-order valence-electron chi connectivity index (χ0n) is 17.7. The largest absolute Gasteiger partial charge is 0.376 e. The molecule has 1 aromatic heterocycles. The first kappa shape index (κ1) is 21.7. The SMILES string of the molecule is Cc1ccc2cc(CN(C[C@@H]3CCCO3)C(=S)NCCCN(C)C)c(=O)[nH]c2c1. The second-order valence-corrected chi connectivity index (χ2v) is 8.51. The number of pyridine rings is 1. The molecule has 158 valence electrons. The Labute approximate surface area is 178 Å². The van der Waals surface area contributed by atoms with Crippen molar-refractivity contribution < 1.29 is 4.74 Å². The van der Waals surface area contributed by atoms with E-state index < -0.39 is 0 Å². The third kappa shape index (κ3) is 6.26. The summed E-state index contributed by atoms with van der Waals surface area (Å²) in [6.45, 7) is 5.81. The summed E-state index contributed by atoms with van der Waals surface area (Å²) in [5, 5.41) is 5.08. The quantitative estimate of drug-likeness (QED) is 0.510. The number of aromatic nitrogens is 1. The molecule has 6 nitrogen and oxygen atoms in total. The van der Waals surface area contributed by atoms with Crippen molar-refractivity contribution in [1.82, 2.24) is 20.1 Å². The lowest BCUT2D eigenvalue weighted by molar-refractivity contribution is 0.0897. The molecule has 1 atom stereocenters. The molecule has 0 bridgehead atoms. The number of fused-ring (bicyclic) bond motifs is 1. The molecule has 0 saturated carbocycles. The summed E-state index contributed by atoms with van der Waals surface area (Å²) >= 11 is 5.68. The van der Waals surface area contributed by atoms with Gasteiger partial charge in [0.25, 0.3) is 5.56 Å². The minimum Gasteiger partial charge on any atom is -0.376 e. The third-order valence-corrected chi connectivity index (χ3v) is 5.64. The van der Waals surface area contributed by atoms with E-state index in [2.05, 4.69) is 40.3 Å². The van der Waals surface area contributed by atoms with E-state index >= 15 is 0 Å². The lowest BCUT2D eigenvalue weighted by Crippen LogP contribution is -2.44. The van der Waals surface area contributed by atoms with Crippen molar-refractivity contribution in [2.45, 2.75) is 38.8 Å². The highest BCUT2D eigenvalue weighted by atomic mass is 32.1. The Morgan fingerprint density at radius 2 is 2.17 bits per heavy atom. The molecule has 0 aliphatic carbocycles. The summed E-state index contributed by atoms with van der Waals surface area (Å²) in [5.41, 5.74) is 2.66. The predicted molar refractivity (Wildman–Crippen MR) is 122 cm³/mol. The van der Waals surface area contributed by atoms with Crippen LogP contribution in [-0.4, -0.2) is 66.3 Å². The molecule has 1 fully saturated rings. The maximum Gasteiger partial charge on any atom is 0.253 e. The van der Waals surface area contributed by atoms with Crippen molar-refractivity contribution in [3.8, 4) is 0 Å². The second kappa shape index (κ2) is 10.2. The maximum absolute atomic E-state index is 12.7. The number of hydrogen-bond acceptors (Lipinski definition) is 4. The highest BCUT2D eigenvalue weighted by molar-refractivity contribution is 7.80. The summed E-state index contributed by atoms with van der Waals surface area (Å²) in [4.78, 5) is 19.9. The van der Waals surface area contributed by atoms with Gasteiger partial charge in [-0.3, -0.25) is 4.79 Å². The number of nitrogens with zero attached hydrogens (tertiary/aromatic N) is 2. The standard InChI is InChI=1S/C22H32N4O2S/c1-16-7-8-17-13-18(21(27)24-20(17)12-16)14-26(15-19-6-4-11-28-19)22(29)23-9-5-10-25(2)3/h7-8,12-13,19H,4-6,9-11,14-15H2,1-3H3,(H,23,29)(H,24,27)/t19-/m0/s1. The average Bonchev–Trinajstić information content (AvgIpc) is 3.18. The maximum atomic E-state index is 12.7. The molecule has 1 aromatic carbocycles. The van der Waals surface area contributed by atoms with Gasteiger partial charge in [-0.2, -0.15) is 0 Å². The molecule has 0 radical (unpaired) electrons. The van der Waals surface area contributed by atoms with Crippen molar-refractivity contribution in [3.05, 3.63) is 45.7 Å². The summed E-state index contributed by atoms with van der Waals surface area (Å²) in [6, 6.07) is 8.09. The van der Waals surface area contributed by atoms with E-state index in [0.717, 1.165) is 61.0 Å². The van der Waals surface area contributed by atoms with Crippen LogP contribution in [-0.2, 0) is 11.3 Å². The fourth-order valence-electron chi connectivity index (χ4n) is 3.64. The number of hydrogen-bond donors (Lipinski definition) is 2. The number of rotatable bonds is 8. The van der Waals surface area contributed by atoms with E-state index in [1.165, 1.54) is 0 Å². The first-order valence-electron chi connectivity index (χ1n) is 10.3. The molecule has 29 heavy (non-hydrogen) atoms. The summed E-state index contributed by atoms with van der Waals surface area (Å²) < 4.78 is 5.82. The molecule has 7 heteroatoms. The molecule has 0 amide bonds. The van der Waals surface area contributed by atoms with Crippen molar-refractivity contribution in [2.24, 2.45) is 0 Å². The third-order valence-electron chi connectivity index (χ3n) is 5.23. The number of H-pyrrole nitrogens is 1. The summed E-state index contributed by atoms with van der Waals surface area (Å²) in [7, 11) is 4.13. The van der Waals surface area contributed by atoms with Crippen molar-refractivity contribution in [1.29, 1.82) is 0 Å². The number of benzene rings is 1. The van der Waals surface area contributed by atoms with Crippen LogP contribution in [0.25, 0.3) is 10.9 Å². The Hall–Kier alpha value is -1.96. The first-order valence-corrected chi connectivity index (χ1v) is 10.7. The van der Waals surface area contributed by atoms with Gasteiger partial charge in [-0.1, -0.05) is 12.1 Å². The van der Waals surface area contributed by atoms with E-state index in [0.29, 0.717) is 18.2 Å². The van der Waals surface area contributed by atoms with Gasteiger partial charge < -0.3 is 24.8 Å². The molecule has 2 aromatic rings. The van der Waals surface area contributed by atoms with Gasteiger partial charge in [0.05, 0.1) is 12.6 Å². The van der Waals surface area contributed by atoms with E-state index in [1.807, 2.05) is 25.1 Å². The van der Waals surface area contributed by atoms with Gasteiger partial charge in [0.1, 0.15) is 0 Å². The summed E-state index contributed by atoms with van der Waals surface area (Å²) in [5.74, 6) is 0. The lowest BCUT2D eigenvalue weighted by Gasteiger charge is -2.28. The highest BCUT2D eigenvalue weighted by Gasteiger charge is 2.22. The molecule has 3 rings (SSSR count). The molecule has 1 saturated heterocycles. The Balaban J connectivity index is 1.74. The Morgan fingerprint density at radius 3 is 2.90 bits per heavy atom. The average molecular weight is 417 g/mol. The van der Waals surface area contributed by atoms with Crippen LogP contribution in [0.3, 0.4) is 0 Å². The highest BCUT2D eigenvalue weighted by Crippen LogP contribution is 2.17. The normalized spacial score (nSPS) is 16.5. The number of ether oxygens (including phenoxy) is 1. The zero-order chi connectivity index (χ0) is 20.8. The topological polar surface area (TPSA) is 60.6 Å². The first-order chi connectivity index (χ1) is 13.9. The van der Waals surface area contributed by atoms with Crippen LogP contribution >= 0.6 is 12.2 Å². The van der Waals surface area contributed by atoms with Gasteiger partial charge >= 0.3 is 0 Å². The number of thiocarbonyl (C=S) groups is 1. The minimum atomic E-state index is -0.0594. The number of nitrogens with one attached hydrogen (secondary N) is 2. The van der Waals surface area contributed by atoms with Crippen molar-refractivity contribution in [2.75, 3.05) is 40.3 Å². The predicted octanol–water partition coefficient (Wildman–Crippen LogP) is 2.64. The lowest BCUT2D eigenvalue weighted by atomic mass is 10.1. The molecule has 0 unspecified atom stereocenters. The zero-order valence-corrected chi connectivity index (χ0v) is 18.5. The molecule has 1 aliphatic heterocycles. The Bertz CT molecular complexity index is 890. The molecular formula is C22H32N4O2S. The molecular weight excluding hydrogens is 384 g/mol. The van der Waals surface area contributed by atoms with Crippen LogP contribution in [0, 0.1) is 6.92 Å². The number of aryl methyl sites for hydroxylation is 1. The smallest absolute Gasteiger partial charge is 0.253 e. The van der Waals surface area contributed by atoms with Crippen LogP contribution in [0.4, 0.5) is 0 Å². The van der Waals surface area contributed by atoms with E-state index in [9.17, 15) is 4.79 Å². The van der Waals surface area contributed by atoms with Crippen molar-refractivity contribution >= 4 is 28.2 Å². The monoisotopic (exact) mass is 416 g/mol. The van der Waals surface area contributed by atoms with Crippen LogP contribution in [0.1, 0.15) is 30.4 Å². The molecule has 1 aliphatic rings. The van der Waals surface area contributed by atoms with Gasteiger partial charge in [0, 0.05) is 30.8 Å². The van der Waals surface area contributed by atoms with Crippen LogP contribution in [0.2, 0.25) is 0 Å². The van der Waals surface area contributed by atoms with Gasteiger partial charge in [-0.05, 0) is 82.1 Å². The Morgan fingerprint density at radius 1 is 1.34 bits per heavy atom.